The van der Waals surface area contributed by atoms with Crippen molar-refractivity contribution < 1.29 is 9.47 Å². The van der Waals surface area contributed by atoms with Crippen LogP contribution in [0.3, 0.4) is 0 Å². The molecule has 0 aliphatic heterocycles. The van der Waals surface area contributed by atoms with Crippen molar-refractivity contribution in [1.29, 1.82) is 0 Å². The highest BCUT2D eigenvalue weighted by Crippen LogP contribution is 2.30. The minimum absolute atomic E-state index is 0.241. The second kappa shape index (κ2) is 8.41. The lowest BCUT2D eigenvalue weighted by molar-refractivity contribution is 0.326. The summed E-state index contributed by atoms with van der Waals surface area (Å²) in [4.78, 5) is 2.13. The van der Waals surface area contributed by atoms with E-state index in [4.69, 9.17) is 15.9 Å². The van der Waals surface area contributed by atoms with Crippen molar-refractivity contribution in [2.45, 2.75) is 6.54 Å². The molecule has 0 unspecified atom stereocenters. The third-order valence-corrected chi connectivity index (χ3v) is 2.63. The van der Waals surface area contributed by atoms with Gasteiger partial charge in [-0.2, -0.15) is 0 Å². The first kappa shape index (κ1) is 15.4. The first-order valence-corrected chi connectivity index (χ1v) is 6.26. The molecule has 0 saturated heterocycles. The number of rotatable bonds is 8. The summed E-state index contributed by atoms with van der Waals surface area (Å²) in [6.45, 7) is 2.87. The number of para-hydroxylation sites is 1. The molecule has 1 N–H and O–H groups in total. The van der Waals surface area contributed by atoms with Crippen LogP contribution >= 0.6 is 0 Å². The van der Waals surface area contributed by atoms with Crippen molar-refractivity contribution in [3.8, 4) is 23.8 Å². The first-order chi connectivity index (χ1) is 9.19. The van der Waals surface area contributed by atoms with Crippen molar-refractivity contribution in [1.82, 2.24) is 10.2 Å². The summed E-state index contributed by atoms with van der Waals surface area (Å²) in [6, 6.07) is 5.83. The molecule has 0 aliphatic carbocycles. The number of hydrogen-bond acceptors (Lipinski definition) is 4. The first-order valence-electron chi connectivity index (χ1n) is 6.26. The summed E-state index contributed by atoms with van der Waals surface area (Å²) in [6.07, 6.45) is 5.24. The number of benzene rings is 1. The fourth-order valence-corrected chi connectivity index (χ4v) is 1.66. The standard InChI is InChI=1S/C15H22N2O2/c1-5-11-19-15-13(7-6-8-14(15)18-4)12-16-9-10-17(2)3/h1,6-8,16H,9-12H2,2-4H3. The molecule has 4 heteroatoms. The zero-order valence-electron chi connectivity index (χ0n) is 11.9. The predicted octanol–water partition coefficient (Wildman–Crippen LogP) is 1.36. The van der Waals surface area contributed by atoms with Crippen LogP contribution in [0.25, 0.3) is 0 Å². The SMILES string of the molecule is C#CCOc1c(CNCCN(C)C)cccc1OC. The van der Waals surface area contributed by atoms with Crippen LogP contribution in [0.1, 0.15) is 5.56 Å². The highest BCUT2D eigenvalue weighted by molar-refractivity contribution is 5.46. The van der Waals surface area contributed by atoms with Gasteiger partial charge in [0.05, 0.1) is 7.11 Å². The van der Waals surface area contributed by atoms with Gasteiger partial charge < -0.3 is 19.7 Å². The van der Waals surface area contributed by atoms with Gasteiger partial charge in [0.1, 0.15) is 6.61 Å². The van der Waals surface area contributed by atoms with Crippen LogP contribution in [0.4, 0.5) is 0 Å². The highest BCUT2D eigenvalue weighted by Gasteiger charge is 2.09. The second-order valence-electron chi connectivity index (χ2n) is 4.42. The molecule has 1 aromatic rings. The van der Waals surface area contributed by atoms with E-state index in [9.17, 15) is 0 Å². The topological polar surface area (TPSA) is 33.7 Å². The summed E-state index contributed by atoms with van der Waals surface area (Å²) >= 11 is 0. The third kappa shape index (κ3) is 5.21. The summed E-state index contributed by atoms with van der Waals surface area (Å²) < 4.78 is 10.9. The lowest BCUT2D eigenvalue weighted by Gasteiger charge is -2.15. The number of ether oxygens (including phenoxy) is 2. The van der Waals surface area contributed by atoms with Gasteiger partial charge in [-0.15, -0.1) is 6.42 Å². The molecular formula is C15H22N2O2. The minimum Gasteiger partial charge on any atom is -0.493 e. The van der Waals surface area contributed by atoms with Gasteiger partial charge in [-0.1, -0.05) is 18.1 Å². The van der Waals surface area contributed by atoms with Crippen molar-refractivity contribution in [2.75, 3.05) is 40.9 Å². The second-order valence-corrected chi connectivity index (χ2v) is 4.42. The normalized spacial score (nSPS) is 10.3. The molecule has 0 atom stereocenters. The van der Waals surface area contributed by atoms with E-state index in [-0.39, 0.29) is 6.61 Å². The number of likely N-dealkylation sites (N-methyl/N-ethyl adjacent to an activating group) is 1. The Hall–Kier alpha value is -1.70. The smallest absolute Gasteiger partial charge is 0.167 e. The van der Waals surface area contributed by atoms with E-state index >= 15 is 0 Å². The van der Waals surface area contributed by atoms with Crippen molar-refractivity contribution in [3.63, 3.8) is 0 Å². The maximum absolute atomic E-state index is 5.57. The molecule has 104 valence electrons. The molecule has 19 heavy (non-hydrogen) atoms. The van der Waals surface area contributed by atoms with Gasteiger partial charge in [0.25, 0.3) is 0 Å². The largest absolute Gasteiger partial charge is 0.493 e. The van der Waals surface area contributed by atoms with Gasteiger partial charge in [0.15, 0.2) is 11.5 Å². The molecule has 0 aromatic heterocycles. The van der Waals surface area contributed by atoms with Crippen molar-refractivity contribution >= 4 is 0 Å². The summed E-state index contributed by atoms with van der Waals surface area (Å²) in [5, 5.41) is 3.37. The maximum atomic E-state index is 5.57. The molecule has 0 bridgehead atoms. The fraction of sp³-hybridized carbons (Fsp3) is 0.467. The van der Waals surface area contributed by atoms with E-state index in [1.54, 1.807) is 7.11 Å². The maximum Gasteiger partial charge on any atom is 0.167 e. The Morgan fingerprint density at radius 1 is 1.37 bits per heavy atom. The van der Waals surface area contributed by atoms with Gasteiger partial charge >= 0.3 is 0 Å². The van der Waals surface area contributed by atoms with Crippen LogP contribution in [0.5, 0.6) is 11.5 Å². The number of hydrogen-bond donors (Lipinski definition) is 1. The van der Waals surface area contributed by atoms with Gasteiger partial charge in [0.2, 0.25) is 0 Å². The van der Waals surface area contributed by atoms with Crippen LogP contribution < -0.4 is 14.8 Å². The molecule has 1 rings (SSSR count). The van der Waals surface area contributed by atoms with Crippen molar-refractivity contribution in [3.05, 3.63) is 23.8 Å². The Kier molecular flexibility index (Phi) is 6.80. The zero-order chi connectivity index (χ0) is 14.1. The molecular weight excluding hydrogens is 240 g/mol. The van der Waals surface area contributed by atoms with Crippen LogP contribution in [0.15, 0.2) is 18.2 Å². The van der Waals surface area contributed by atoms with E-state index in [1.165, 1.54) is 0 Å². The predicted molar refractivity (Wildman–Crippen MR) is 77.6 cm³/mol. The molecule has 0 fully saturated rings. The van der Waals surface area contributed by atoms with Crippen LogP contribution in [0, 0.1) is 12.3 Å². The molecule has 1 aromatic carbocycles. The van der Waals surface area contributed by atoms with Crippen LogP contribution in [-0.2, 0) is 6.54 Å². The van der Waals surface area contributed by atoms with E-state index in [0.717, 1.165) is 30.9 Å². The number of nitrogens with one attached hydrogen (secondary N) is 1. The Balaban J connectivity index is 2.67. The average Bonchev–Trinajstić information content (AvgIpc) is 2.41. The van der Waals surface area contributed by atoms with E-state index in [1.807, 2.05) is 18.2 Å². The Morgan fingerprint density at radius 2 is 2.16 bits per heavy atom. The Morgan fingerprint density at radius 3 is 2.79 bits per heavy atom. The molecule has 0 radical (unpaired) electrons. The summed E-state index contributed by atoms with van der Waals surface area (Å²) in [7, 11) is 5.73. The van der Waals surface area contributed by atoms with Gasteiger partial charge in [-0.05, 0) is 20.2 Å². The number of methoxy groups -OCH3 is 1. The van der Waals surface area contributed by atoms with E-state index in [0.29, 0.717) is 5.75 Å². The monoisotopic (exact) mass is 262 g/mol. The van der Waals surface area contributed by atoms with E-state index in [2.05, 4.69) is 30.2 Å². The highest BCUT2D eigenvalue weighted by atomic mass is 16.5. The van der Waals surface area contributed by atoms with Crippen LogP contribution in [-0.4, -0.2) is 45.8 Å². The van der Waals surface area contributed by atoms with Gasteiger partial charge in [-0.3, -0.25) is 0 Å². The van der Waals surface area contributed by atoms with Gasteiger partial charge in [-0.25, -0.2) is 0 Å². The van der Waals surface area contributed by atoms with Crippen LogP contribution in [0.2, 0.25) is 0 Å². The lowest BCUT2D eigenvalue weighted by atomic mass is 10.2. The Labute approximate surface area is 115 Å². The van der Waals surface area contributed by atoms with Gasteiger partial charge in [0, 0.05) is 25.2 Å². The van der Waals surface area contributed by atoms with Crippen molar-refractivity contribution in [2.24, 2.45) is 0 Å². The molecule has 4 nitrogen and oxygen atoms in total. The van der Waals surface area contributed by atoms with E-state index < -0.39 is 0 Å². The molecule has 0 spiro atoms. The fourth-order valence-electron chi connectivity index (χ4n) is 1.66. The quantitative estimate of drug-likeness (QED) is 0.566. The number of terminal acetylenes is 1. The lowest BCUT2D eigenvalue weighted by Crippen LogP contribution is -2.26. The minimum atomic E-state index is 0.241. The summed E-state index contributed by atoms with van der Waals surface area (Å²) in [5.74, 6) is 3.90. The Bertz CT molecular complexity index is 425. The molecule has 0 heterocycles. The zero-order valence-corrected chi connectivity index (χ0v) is 11.9. The number of nitrogens with zero attached hydrogens (tertiary/aromatic N) is 1. The average molecular weight is 262 g/mol. The molecule has 0 aliphatic rings. The molecule has 0 saturated carbocycles. The third-order valence-electron chi connectivity index (χ3n) is 2.63. The summed E-state index contributed by atoms with van der Waals surface area (Å²) in [5.41, 5.74) is 1.05. The molecule has 0 amide bonds.